The largest absolute Gasteiger partial charge is 0.345 e. The molecule has 5 heteroatoms. The number of hydrogen-bond acceptors (Lipinski definition) is 3. The van der Waals surface area contributed by atoms with Gasteiger partial charge in [-0.15, -0.1) is 0 Å². The van der Waals surface area contributed by atoms with Gasteiger partial charge in [0.25, 0.3) is 0 Å². The topological polar surface area (TPSA) is 51.9 Å². The van der Waals surface area contributed by atoms with E-state index in [9.17, 15) is 4.79 Å². The van der Waals surface area contributed by atoms with Gasteiger partial charge >= 0.3 is 5.69 Å². The zero-order valence-corrected chi connectivity index (χ0v) is 9.36. The summed E-state index contributed by atoms with van der Waals surface area (Å²) in [7, 11) is 0. The predicted octanol–water partition coefficient (Wildman–Crippen LogP) is -0.153. The van der Waals surface area contributed by atoms with Crippen molar-refractivity contribution in [2.75, 3.05) is 13.1 Å². The standard InChI is InChI=1S/C10H18N4O/c1-8(2)7-14-10(15)13-6-5-11-4-3-9(13)12-14/h8,11H,3-7H2,1-2H3. The van der Waals surface area contributed by atoms with Gasteiger partial charge in [0.15, 0.2) is 0 Å². The predicted molar refractivity (Wildman–Crippen MR) is 57.9 cm³/mol. The number of nitrogens with one attached hydrogen (secondary N) is 1. The molecular weight excluding hydrogens is 192 g/mol. The van der Waals surface area contributed by atoms with Gasteiger partial charge in [-0.3, -0.25) is 4.57 Å². The van der Waals surface area contributed by atoms with Crippen LogP contribution in [-0.4, -0.2) is 27.4 Å². The molecule has 1 aromatic rings. The summed E-state index contributed by atoms with van der Waals surface area (Å²) in [5.41, 5.74) is 0.0439. The summed E-state index contributed by atoms with van der Waals surface area (Å²) in [5, 5.41) is 7.64. The van der Waals surface area contributed by atoms with Crippen LogP contribution in [0.3, 0.4) is 0 Å². The maximum Gasteiger partial charge on any atom is 0.345 e. The lowest BCUT2D eigenvalue weighted by atomic mass is 10.2. The van der Waals surface area contributed by atoms with E-state index in [0.717, 1.165) is 31.9 Å². The summed E-state index contributed by atoms with van der Waals surface area (Å²) in [6.07, 6.45) is 0.848. The third kappa shape index (κ3) is 2.12. The first kappa shape index (κ1) is 10.4. The molecule has 15 heavy (non-hydrogen) atoms. The third-order valence-electron chi connectivity index (χ3n) is 2.58. The molecule has 1 aromatic heterocycles. The Morgan fingerprint density at radius 3 is 3.00 bits per heavy atom. The van der Waals surface area contributed by atoms with Crippen molar-refractivity contribution in [1.82, 2.24) is 19.7 Å². The fourth-order valence-electron chi connectivity index (χ4n) is 1.88. The summed E-state index contributed by atoms with van der Waals surface area (Å²) >= 11 is 0. The van der Waals surface area contributed by atoms with Crippen LogP contribution in [0.4, 0.5) is 0 Å². The lowest BCUT2D eigenvalue weighted by molar-refractivity contribution is 0.461. The smallest absolute Gasteiger partial charge is 0.315 e. The Kier molecular flexibility index (Phi) is 2.90. The van der Waals surface area contributed by atoms with Crippen LogP contribution in [0.15, 0.2) is 4.79 Å². The van der Waals surface area contributed by atoms with Crippen molar-refractivity contribution < 1.29 is 0 Å². The number of aromatic nitrogens is 3. The van der Waals surface area contributed by atoms with Crippen molar-refractivity contribution in [3.63, 3.8) is 0 Å². The molecule has 0 radical (unpaired) electrons. The van der Waals surface area contributed by atoms with E-state index in [1.807, 2.05) is 0 Å². The van der Waals surface area contributed by atoms with Crippen molar-refractivity contribution in [1.29, 1.82) is 0 Å². The molecular formula is C10H18N4O. The van der Waals surface area contributed by atoms with Gasteiger partial charge in [-0.25, -0.2) is 9.48 Å². The van der Waals surface area contributed by atoms with Crippen LogP contribution in [0.5, 0.6) is 0 Å². The first-order chi connectivity index (χ1) is 7.18. The Morgan fingerprint density at radius 2 is 2.27 bits per heavy atom. The highest BCUT2D eigenvalue weighted by atomic mass is 16.2. The van der Waals surface area contributed by atoms with E-state index < -0.39 is 0 Å². The molecule has 2 heterocycles. The molecule has 0 atom stereocenters. The Hall–Kier alpha value is -1.10. The summed E-state index contributed by atoms with van der Waals surface area (Å²) in [6.45, 7) is 7.42. The highest BCUT2D eigenvalue weighted by Gasteiger charge is 2.15. The lowest BCUT2D eigenvalue weighted by Gasteiger charge is -2.02. The maximum atomic E-state index is 11.9. The minimum absolute atomic E-state index is 0.0439. The van der Waals surface area contributed by atoms with Gasteiger partial charge in [-0.1, -0.05) is 13.8 Å². The lowest BCUT2D eigenvalue weighted by Crippen LogP contribution is -2.29. The van der Waals surface area contributed by atoms with Crippen molar-refractivity contribution in [3.05, 3.63) is 16.3 Å². The minimum atomic E-state index is 0.0439. The van der Waals surface area contributed by atoms with Gasteiger partial charge in [0.2, 0.25) is 0 Å². The van der Waals surface area contributed by atoms with E-state index in [0.29, 0.717) is 12.5 Å². The second kappa shape index (κ2) is 4.18. The van der Waals surface area contributed by atoms with Crippen LogP contribution >= 0.6 is 0 Å². The molecule has 0 aliphatic carbocycles. The minimum Gasteiger partial charge on any atom is -0.315 e. The SMILES string of the molecule is CC(C)Cn1nc2n(c1=O)CCNCC2. The van der Waals surface area contributed by atoms with Crippen molar-refractivity contribution in [2.45, 2.75) is 33.4 Å². The average molecular weight is 210 g/mol. The van der Waals surface area contributed by atoms with Crippen molar-refractivity contribution >= 4 is 0 Å². The van der Waals surface area contributed by atoms with Gasteiger partial charge in [0, 0.05) is 32.6 Å². The maximum absolute atomic E-state index is 11.9. The first-order valence-corrected chi connectivity index (χ1v) is 5.55. The van der Waals surface area contributed by atoms with Gasteiger partial charge in [0.05, 0.1) is 0 Å². The molecule has 0 amide bonds. The first-order valence-electron chi connectivity index (χ1n) is 5.55. The highest BCUT2D eigenvalue weighted by molar-refractivity contribution is 4.91. The van der Waals surface area contributed by atoms with Gasteiger partial charge in [-0.05, 0) is 5.92 Å². The van der Waals surface area contributed by atoms with E-state index in [1.165, 1.54) is 0 Å². The molecule has 2 rings (SSSR count). The Bertz CT molecular complexity index is 391. The van der Waals surface area contributed by atoms with Crippen molar-refractivity contribution in [2.24, 2.45) is 5.92 Å². The van der Waals surface area contributed by atoms with Crippen molar-refractivity contribution in [3.8, 4) is 0 Å². The Labute approximate surface area is 89.1 Å². The molecule has 0 fully saturated rings. The molecule has 5 nitrogen and oxygen atoms in total. The number of hydrogen-bond donors (Lipinski definition) is 1. The zero-order chi connectivity index (χ0) is 10.8. The van der Waals surface area contributed by atoms with E-state index >= 15 is 0 Å². The van der Waals surface area contributed by atoms with E-state index in [4.69, 9.17) is 0 Å². The molecule has 0 aromatic carbocycles. The van der Waals surface area contributed by atoms with Crippen LogP contribution in [0, 0.1) is 5.92 Å². The summed E-state index contributed by atoms with van der Waals surface area (Å²) < 4.78 is 3.40. The zero-order valence-electron chi connectivity index (χ0n) is 9.36. The van der Waals surface area contributed by atoms with Crippen LogP contribution in [0.25, 0.3) is 0 Å². The average Bonchev–Trinajstić information content (AvgIpc) is 2.40. The monoisotopic (exact) mass is 210 g/mol. The summed E-state index contributed by atoms with van der Waals surface area (Å²) in [4.78, 5) is 11.9. The normalized spacial score (nSPS) is 16.5. The molecule has 1 aliphatic heterocycles. The van der Waals surface area contributed by atoms with E-state index in [2.05, 4.69) is 24.3 Å². The Morgan fingerprint density at radius 1 is 1.47 bits per heavy atom. The molecule has 0 spiro atoms. The Balaban J connectivity index is 2.32. The number of rotatable bonds is 2. The third-order valence-corrected chi connectivity index (χ3v) is 2.58. The fraction of sp³-hybridized carbons (Fsp3) is 0.800. The molecule has 0 bridgehead atoms. The molecule has 0 saturated carbocycles. The molecule has 84 valence electrons. The summed E-state index contributed by atoms with van der Waals surface area (Å²) in [6, 6.07) is 0. The van der Waals surface area contributed by atoms with Crippen LogP contribution in [0.1, 0.15) is 19.7 Å². The number of nitrogens with zero attached hydrogens (tertiary/aromatic N) is 3. The molecule has 1 N–H and O–H groups in total. The molecule has 1 aliphatic rings. The van der Waals surface area contributed by atoms with Gasteiger partial charge in [0.1, 0.15) is 5.82 Å². The van der Waals surface area contributed by atoms with Gasteiger partial charge < -0.3 is 5.32 Å². The molecule has 0 saturated heterocycles. The molecule has 0 unspecified atom stereocenters. The second-order valence-corrected chi connectivity index (χ2v) is 4.43. The van der Waals surface area contributed by atoms with Gasteiger partial charge in [-0.2, -0.15) is 5.10 Å². The highest BCUT2D eigenvalue weighted by Crippen LogP contribution is 2.00. The van der Waals surface area contributed by atoms with E-state index in [1.54, 1.807) is 9.25 Å². The van der Waals surface area contributed by atoms with Crippen LogP contribution in [-0.2, 0) is 19.5 Å². The fourth-order valence-corrected chi connectivity index (χ4v) is 1.88. The number of fused-ring (bicyclic) bond motifs is 1. The second-order valence-electron chi connectivity index (χ2n) is 4.43. The quantitative estimate of drug-likeness (QED) is 0.738. The summed E-state index contributed by atoms with van der Waals surface area (Å²) in [5.74, 6) is 1.38. The van der Waals surface area contributed by atoms with E-state index in [-0.39, 0.29) is 5.69 Å². The van der Waals surface area contributed by atoms with Crippen LogP contribution < -0.4 is 11.0 Å². The van der Waals surface area contributed by atoms with Crippen LogP contribution in [0.2, 0.25) is 0 Å².